The van der Waals surface area contributed by atoms with Crippen molar-refractivity contribution < 1.29 is 0 Å². The molecule has 0 aromatic rings. The smallest absolute Gasteiger partial charge is 0.0104 e. The zero-order chi connectivity index (χ0) is 8.81. The standard InChI is InChI=1S/C10H22N2/c1-2-12(9-7-11)8-6-10-4-3-5-10/h10H,2-9,11H2,1H3. The molecular formula is C10H22N2. The van der Waals surface area contributed by atoms with E-state index in [1.54, 1.807) is 0 Å². The Labute approximate surface area is 76.1 Å². The Morgan fingerprint density at radius 3 is 2.50 bits per heavy atom. The van der Waals surface area contributed by atoms with Crippen molar-refractivity contribution in [2.45, 2.75) is 32.6 Å². The Morgan fingerprint density at radius 2 is 2.08 bits per heavy atom. The van der Waals surface area contributed by atoms with Crippen molar-refractivity contribution in [2.75, 3.05) is 26.2 Å². The van der Waals surface area contributed by atoms with Crippen LogP contribution in [0.4, 0.5) is 0 Å². The molecule has 1 fully saturated rings. The van der Waals surface area contributed by atoms with Crippen LogP contribution in [0.25, 0.3) is 0 Å². The molecule has 0 unspecified atom stereocenters. The molecule has 0 radical (unpaired) electrons. The maximum atomic E-state index is 5.52. The number of nitrogens with zero attached hydrogens (tertiary/aromatic N) is 1. The van der Waals surface area contributed by atoms with Crippen molar-refractivity contribution in [3.8, 4) is 0 Å². The summed E-state index contributed by atoms with van der Waals surface area (Å²) in [5.74, 6) is 1.04. The molecule has 2 heteroatoms. The van der Waals surface area contributed by atoms with E-state index in [4.69, 9.17) is 5.73 Å². The number of likely N-dealkylation sites (N-methyl/N-ethyl adjacent to an activating group) is 1. The highest BCUT2D eigenvalue weighted by molar-refractivity contribution is 4.71. The van der Waals surface area contributed by atoms with Crippen LogP contribution >= 0.6 is 0 Å². The van der Waals surface area contributed by atoms with E-state index in [1.807, 2.05) is 0 Å². The summed E-state index contributed by atoms with van der Waals surface area (Å²) >= 11 is 0. The molecule has 0 amide bonds. The highest BCUT2D eigenvalue weighted by atomic mass is 15.1. The molecule has 2 N–H and O–H groups in total. The molecule has 0 atom stereocenters. The van der Waals surface area contributed by atoms with Gasteiger partial charge < -0.3 is 10.6 Å². The lowest BCUT2D eigenvalue weighted by Crippen LogP contribution is -2.32. The van der Waals surface area contributed by atoms with Gasteiger partial charge in [-0.05, 0) is 25.4 Å². The first-order valence-corrected chi connectivity index (χ1v) is 5.29. The average Bonchev–Trinajstić information content (AvgIpc) is 2.00. The van der Waals surface area contributed by atoms with Gasteiger partial charge in [0.1, 0.15) is 0 Å². The zero-order valence-corrected chi connectivity index (χ0v) is 8.26. The Bertz CT molecular complexity index is 110. The fourth-order valence-electron chi connectivity index (χ4n) is 1.76. The highest BCUT2D eigenvalue weighted by Gasteiger charge is 2.17. The fraction of sp³-hybridized carbons (Fsp3) is 1.00. The predicted octanol–water partition coefficient (Wildman–Crippen LogP) is 1.46. The maximum Gasteiger partial charge on any atom is 0.0104 e. The second kappa shape index (κ2) is 5.55. The lowest BCUT2D eigenvalue weighted by Gasteiger charge is -2.28. The monoisotopic (exact) mass is 170 g/mol. The minimum absolute atomic E-state index is 0.804. The van der Waals surface area contributed by atoms with Crippen molar-refractivity contribution in [3.05, 3.63) is 0 Å². The van der Waals surface area contributed by atoms with Crippen LogP contribution in [-0.4, -0.2) is 31.1 Å². The first kappa shape index (κ1) is 10.0. The SMILES string of the molecule is CCN(CCN)CCC1CCC1. The summed E-state index contributed by atoms with van der Waals surface area (Å²) < 4.78 is 0. The van der Waals surface area contributed by atoms with Gasteiger partial charge in [-0.25, -0.2) is 0 Å². The van der Waals surface area contributed by atoms with E-state index < -0.39 is 0 Å². The molecule has 1 saturated carbocycles. The Balaban J connectivity index is 2.01. The predicted molar refractivity (Wildman–Crippen MR) is 53.1 cm³/mol. The zero-order valence-electron chi connectivity index (χ0n) is 8.26. The quantitative estimate of drug-likeness (QED) is 0.654. The maximum absolute atomic E-state index is 5.52. The Hall–Kier alpha value is -0.0800. The van der Waals surface area contributed by atoms with Crippen molar-refractivity contribution in [2.24, 2.45) is 11.7 Å². The second-order valence-corrected chi connectivity index (χ2v) is 3.81. The van der Waals surface area contributed by atoms with E-state index in [0.29, 0.717) is 0 Å². The molecule has 0 saturated heterocycles. The number of rotatable bonds is 6. The second-order valence-electron chi connectivity index (χ2n) is 3.81. The van der Waals surface area contributed by atoms with E-state index in [1.165, 1.54) is 32.2 Å². The number of hydrogen-bond acceptors (Lipinski definition) is 2. The van der Waals surface area contributed by atoms with Crippen LogP contribution in [0.5, 0.6) is 0 Å². The first-order chi connectivity index (χ1) is 5.86. The molecule has 1 rings (SSSR count). The fourth-order valence-corrected chi connectivity index (χ4v) is 1.76. The normalized spacial score (nSPS) is 18.2. The van der Waals surface area contributed by atoms with Crippen LogP contribution in [0.2, 0.25) is 0 Å². The minimum Gasteiger partial charge on any atom is -0.329 e. The van der Waals surface area contributed by atoms with E-state index in [0.717, 1.165) is 25.6 Å². The molecule has 1 aliphatic rings. The van der Waals surface area contributed by atoms with Gasteiger partial charge in [-0.3, -0.25) is 0 Å². The van der Waals surface area contributed by atoms with Gasteiger partial charge in [-0.2, -0.15) is 0 Å². The first-order valence-electron chi connectivity index (χ1n) is 5.29. The van der Waals surface area contributed by atoms with Gasteiger partial charge in [0.15, 0.2) is 0 Å². The molecule has 2 nitrogen and oxygen atoms in total. The molecule has 0 aromatic heterocycles. The van der Waals surface area contributed by atoms with E-state index in [2.05, 4.69) is 11.8 Å². The van der Waals surface area contributed by atoms with Crippen LogP contribution in [-0.2, 0) is 0 Å². The average molecular weight is 170 g/mol. The molecule has 72 valence electrons. The number of hydrogen-bond donors (Lipinski definition) is 1. The van der Waals surface area contributed by atoms with Gasteiger partial charge in [0.2, 0.25) is 0 Å². The van der Waals surface area contributed by atoms with Crippen molar-refractivity contribution >= 4 is 0 Å². The van der Waals surface area contributed by atoms with E-state index in [-0.39, 0.29) is 0 Å². The summed E-state index contributed by atoms with van der Waals surface area (Å²) in [5, 5.41) is 0. The largest absolute Gasteiger partial charge is 0.329 e. The molecule has 0 aromatic carbocycles. The Kier molecular flexibility index (Phi) is 4.62. The topological polar surface area (TPSA) is 29.3 Å². The summed E-state index contributed by atoms with van der Waals surface area (Å²) in [6.45, 7) is 6.51. The molecule has 12 heavy (non-hydrogen) atoms. The van der Waals surface area contributed by atoms with Gasteiger partial charge >= 0.3 is 0 Å². The molecule has 0 aliphatic heterocycles. The van der Waals surface area contributed by atoms with Crippen LogP contribution in [0, 0.1) is 5.92 Å². The van der Waals surface area contributed by atoms with Crippen LogP contribution in [0.15, 0.2) is 0 Å². The third kappa shape index (κ3) is 3.11. The van der Waals surface area contributed by atoms with Gasteiger partial charge in [0, 0.05) is 13.1 Å². The van der Waals surface area contributed by atoms with Gasteiger partial charge in [0.05, 0.1) is 0 Å². The molecule has 1 aliphatic carbocycles. The summed E-state index contributed by atoms with van der Waals surface area (Å²) in [6.07, 6.45) is 5.81. The van der Waals surface area contributed by atoms with Crippen molar-refractivity contribution in [1.82, 2.24) is 4.90 Å². The molecular weight excluding hydrogens is 148 g/mol. The van der Waals surface area contributed by atoms with Gasteiger partial charge in [-0.1, -0.05) is 26.2 Å². The third-order valence-electron chi connectivity index (χ3n) is 2.97. The molecule has 0 bridgehead atoms. The molecule has 0 spiro atoms. The van der Waals surface area contributed by atoms with E-state index >= 15 is 0 Å². The van der Waals surface area contributed by atoms with Gasteiger partial charge in [-0.15, -0.1) is 0 Å². The summed E-state index contributed by atoms with van der Waals surface area (Å²) in [4.78, 5) is 2.46. The van der Waals surface area contributed by atoms with E-state index in [9.17, 15) is 0 Å². The van der Waals surface area contributed by atoms with Crippen LogP contribution in [0.1, 0.15) is 32.6 Å². The van der Waals surface area contributed by atoms with Crippen LogP contribution in [0.3, 0.4) is 0 Å². The lowest BCUT2D eigenvalue weighted by molar-refractivity contribution is 0.223. The molecule has 0 heterocycles. The highest BCUT2D eigenvalue weighted by Crippen LogP contribution is 2.29. The lowest BCUT2D eigenvalue weighted by atomic mass is 9.83. The minimum atomic E-state index is 0.804. The Morgan fingerprint density at radius 1 is 1.33 bits per heavy atom. The third-order valence-corrected chi connectivity index (χ3v) is 2.97. The van der Waals surface area contributed by atoms with Crippen LogP contribution < -0.4 is 5.73 Å². The van der Waals surface area contributed by atoms with Crippen molar-refractivity contribution in [1.29, 1.82) is 0 Å². The van der Waals surface area contributed by atoms with Gasteiger partial charge in [0.25, 0.3) is 0 Å². The number of nitrogens with two attached hydrogens (primary N) is 1. The summed E-state index contributed by atoms with van der Waals surface area (Å²) in [5.41, 5.74) is 5.52. The summed E-state index contributed by atoms with van der Waals surface area (Å²) in [7, 11) is 0. The summed E-state index contributed by atoms with van der Waals surface area (Å²) in [6, 6.07) is 0. The van der Waals surface area contributed by atoms with Crippen molar-refractivity contribution in [3.63, 3.8) is 0 Å².